The first-order valence-corrected chi connectivity index (χ1v) is 6.12. The van der Waals surface area contributed by atoms with E-state index in [-0.39, 0.29) is 11.3 Å². The van der Waals surface area contributed by atoms with Crippen LogP contribution < -0.4 is 4.74 Å². The summed E-state index contributed by atoms with van der Waals surface area (Å²) in [6.45, 7) is 1.80. The monoisotopic (exact) mass is 306 g/mol. The van der Waals surface area contributed by atoms with E-state index in [1.807, 2.05) is 0 Å². The Hall–Kier alpha value is -1.69. The molecule has 1 aliphatic rings. The third kappa shape index (κ3) is 2.60. The Bertz CT molecular complexity index is 593. The van der Waals surface area contributed by atoms with Crippen LogP contribution in [0.3, 0.4) is 0 Å². The Balaban J connectivity index is 2.57. The molecule has 1 aromatic carbocycles. The van der Waals surface area contributed by atoms with Crippen LogP contribution >= 0.6 is 11.6 Å². The van der Waals surface area contributed by atoms with Crippen molar-refractivity contribution in [3.05, 3.63) is 33.9 Å². The van der Waals surface area contributed by atoms with Crippen LogP contribution in [0, 0.1) is 0 Å². The number of hydrogen-bond acceptors (Lipinski definition) is 2. The van der Waals surface area contributed by atoms with Crippen molar-refractivity contribution >= 4 is 23.6 Å². The fraction of sp³-hybridized carbons (Fsp3) is 0.308. The van der Waals surface area contributed by atoms with Crippen molar-refractivity contribution in [3.63, 3.8) is 0 Å². The number of carboxylic acids is 1. The van der Waals surface area contributed by atoms with E-state index in [0.29, 0.717) is 17.0 Å². The fourth-order valence-corrected chi connectivity index (χ4v) is 2.25. The van der Waals surface area contributed by atoms with Gasteiger partial charge in [0.25, 0.3) is 0 Å². The Morgan fingerprint density at radius 2 is 2.10 bits per heavy atom. The standard InChI is InChI=1S/C13H10ClF3O3/c1-2-6-5-10-7(4-9(6)14)3-8(12(18)19)11(20-10)13(15,16)17/h3-5,11H,2H2,1H3,(H,18,19)/t11-/m0/s1. The number of alkyl halides is 3. The highest BCUT2D eigenvalue weighted by molar-refractivity contribution is 6.31. The van der Waals surface area contributed by atoms with Crippen LogP contribution in [0.1, 0.15) is 18.1 Å². The maximum atomic E-state index is 12.9. The Labute approximate surface area is 117 Å². The van der Waals surface area contributed by atoms with E-state index in [4.69, 9.17) is 21.4 Å². The number of carbonyl (C=O) groups is 1. The van der Waals surface area contributed by atoms with Crippen LogP contribution in [0.5, 0.6) is 5.75 Å². The molecule has 0 bridgehead atoms. The normalized spacial score (nSPS) is 18.1. The van der Waals surface area contributed by atoms with Crippen LogP contribution in [-0.2, 0) is 11.2 Å². The molecule has 1 N–H and O–H groups in total. The lowest BCUT2D eigenvalue weighted by Crippen LogP contribution is -2.40. The number of fused-ring (bicyclic) bond motifs is 1. The minimum absolute atomic E-state index is 0.0152. The number of aliphatic carboxylic acids is 1. The second-order valence-corrected chi connectivity index (χ2v) is 4.69. The van der Waals surface area contributed by atoms with E-state index in [9.17, 15) is 18.0 Å². The molecule has 0 spiro atoms. The molecule has 0 aliphatic carbocycles. The smallest absolute Gasteiger partial charge is 0.430 e. The van der Waals surface area contributed by atoms with Gasteiger partial charge in [-0.1, -0.05) is 18.5 Å². The fourth-order valence-electron chi connectivity index (χ4n) is 1.95. The topological polar surface area (TPSA) is 46.5 Å². The minimum atomic E-state index is -4.80. The largest absolute Gasteiger partial charge is 0.478 e. The second kappa shape index (κ2) is 5.01. The molecule has 0 unspecified atom stereocenters. The number of halogens is 4. The minimum Gasteiger partial charge on any atom is -0.478 e. The molecule has 0 amide bonds. The van der Waals surface area contributed by atoms with E-state index in [1.54, 1.807) is 6.92 Å². The van der Waals surface area contributed by atoms with E-state index in [2.05, 4.69) is 0 Å². The maximum Gasteiger partial charge on any atom is 0.430 e. The molecule has 0 saturated heterocycles. The van der Waals surface area contributed by atoms with Gasteiger partial charge in [0, 0.05) is 10.6 Å². The highest BCUT2D eigenvalue weighted by atomic mass is 35.5. The Morgan fingerprint density at radius 3 is 2.60 bits per heavy atom. The zero-order valence-electron chi connectivity index (χ0n) is 10.3. The molecular formula is C13H10ClF3O3. The highest BCUT2D eigenvalue weighted by Gasteiger charge is 2.48. The zero-order valence-corrected chi connectivity index (χ0v) is 11.0. The highest BCUT2D eigenvalue weighted by Crippen LogP contribution is 2.39. The number of ether oxygens (including phenoxy) is 1. The first-order chi connectivity index (χ1) is 9.24. The summed E-state index contributed by atoms with van der Waals surface area (Å²) in [5.41, 5.74) is 0.00827. The SMILES string of the molecule is CCc1cc2c(cc1Cl)C=C(C(=O)O)[C@@H](C(F)(F)F)O2. The molecule has 7 heteroatoms. The molecule has 1 aliphatic heterocycles. The Morgan fingerprint density at radius 1 is 1.45 bits per heavy atom. The average Bonchev–Trinajstić information content (AvgIpc) is 2.35. The van der Waals surface area contributed by atoms with Crippen molar-refractivity contribution < 1.29 is 27.8 Å². The van der Waals surface area contributed by atoms with Gasteiger partial charge in [0.05, 0.1) is 5.57 Å². The van der Waals surface area contributed by atoms with Crippen LogP contribution in [-0.4, -0.2) is 23.4 Å². The molecule has 0 radical (unpaired) electrons. The van der Waals surface area contributed by atoms with E-state index >= 15 is 0 Å². The lowest BCUT2D eigenvalue weighted by Gasteiger charge is -2.27. The third-order valence-electron chi connectivity index (χ3n) is 2.94. The van der Waals surface area contributed by atoms with Gasteiger partial charge in [-0.2, -0.15) is 13.2 Å². The molecule has 20 heavy (non-hydrogen) atoms. The summed E-state index contributed by atoms with van der Waals surface area (Å²) in [6.07, 6.45) is -5.79. The first-order valence-electron chi connectivity index (χ1n) is 5.74. The van der Waals surface area contributed by atoms with Gasteiger partial charge in [0.2, 0.25) is 6.10 Å². The quantitative estimate of drug-likeness (QED) is 0.906. The number of hydrogen-bond donors (Lipinski definition) is 1. The van der Waals surface area contributed by atoms with Gasteiger partial charge in [-0.3, -0.25) is 0 Å². The Kier molecular flexibility index (Phi) is 3.69. The van der Waals surface area contributed by atoms with Gasteiger partial charge in [-0.25, -0.2) is 4.79 Å². The van der Waals surface area contributed by atoms with E-state index in [1.165, 1.54) is 12.1 Å². The average molecular weight is 307 g/mol. The van der Waals surface area contributed by atoms with Crippen molar-refractivity contribution in [2.24, 2.45) is 0 Å². The molecular weight excluding hydrogens is 297 g/mol. The molecule has 0 saturated carbocycles. The lowest BCUT2D eigenvalue weighted by molar-refractivity contribution is -0.187. The summed E-state index contributed by atoms with van der Waals surface area (Å²) in [5.74, 6) is -1.69. The van der Waals surface area contributed by atoms with Crippen LogP contribution in [0.15, 0.2) is 17.7 Å². The zero-order chi connectivity index (χ0) is 15.1. The number of benzene rings is 1. The predicted octanol–water partition coefficient (Wildman–Crippen LogP) is 3.69. The first kappa shape index (κ1) is 14.7. The van der Waals surface area contributed by atoms with Gasteiger partial charge in [-0.15, -0.1) is 0 Å². The van der Waals surface area contributed by atoms with Gasteiger partial charge in [-0.05, 0) is 30.2 Å². The lowest BCUT2D eigenvalue weighted by atomic mass is 9.99. The van der Waals surface area contributed by atoms with Crippen molar-refractivity contribution in [1.82, 2.24) is 0 Å². The van der Waals surface area contributed by atoms with E-state index in [0.717, 1.165) is 6.08 Å². The molecule has 3 nitrogen and oxygen atoms in total. The predicted molar refractivity (Wildman–Crippen MR) is 66.9 cm³/mol. The molecule has 2 rings (SSSR count). The number of rotatable bonds is 2. The van der Waals surface area contributed by atoms with Crippen molar-refractivity contribution in [2.45, 2.75) is 25.6 Å². The van der Waals surface area contributed by atoms with Crippen LogP contribution in [0.4, 0.5) is 13.2 Å². The van der Waals surface area contributed by atoms with Crippen molar-refractivity contribution in [3.8, 4) is 5.75 Å². The van der Waals surface area contributed by atoms with Crippen molar-refractivity contribution in [1.29, 1.82) is 0 Å². The van der Waals surface area contributed by atoms with Gasteiger partial charge in [0.15, 0.2) is 0 Å². The summed E-state index contributed by atoms with van der Waals surface area (Å²) in [5, 5.41) is 9.25. The third-order valence-corrected chi connectivity index (χ3v) is 3.29. The van der Waals surface area contributed by atoms with Gasteiger partial charge in [0.1, 0.15) is 5.75 Å². The molecule has 1 heterocycles. The van der Waals surface area contributed by atoms with Crippen LogP contribution in [0.25, 0.3) is 6.08 Å². The second-order valence-electron chi connectivity index (χ2n) is 4.28. The molecule has 0 fully saturated rings. The number of carboxylic acid groups (broad SMARTS) is 1. The van der Waals surface area contributed by atoms with Gasteiger partial charge >= 0.3 is 12.1 Å². The molecule has 108 valence electrons. The molecule has 0 aromatic heterocycles. The summed E-state index contributed by atoms with van der Waals surface area (Å²) < 4.78 is 43.4. The van der Waals surface area contributed by atoms with E-state index < -0.39 is 23.8 Å². The van der Waals surface area contributed by atoms with Crippen LogP contribution in [0.2, 0.25) is 5.02 Å². The van der Waals surface area contributed by atoms with Gasteiger partial charge < -0.3 is 9.84 Å². The molecule has 1 atom stereocenters. The summed E-state index contributed by atoms with van der Waals surface area (Å²) in [4.78, 5) is 10.9. The maximum absolute atomic E-state index is 12.9. The molecule has 1 aromatic rings. The summed E-state index contributed by atoms with van der Waals surface area (Å²) in [6, 6.07) is 2.82. The summed E-state index contributed by atoms with van der Waals surface area (Å²) in [7, 11) is 0. The number of aryl methyl sites for hydroxylation is 1. The summed E-state index contributed by atoms with van der Waals surface area (Å²) >= 11 is 5.96. The van der Waals surface area contributed by atoms with Crippen molar-refractivity contribution in [2.75, 3.05) is 0 Å².